The molecule has 1 fully saturated rings. The van der Waals surface area contributed by atoms with Crippen LogP contribution in [0.1, 0.15) is 67.2 Å². The number of phenols is 1. The van der Waals surface area contributed by atoms with Crippen LogP contribution in [0, 0.1) is 0 Å². The number of carboxylic acid groups (broad SMARTS) is 1. The molecule has 1 aliphatic carbocycles. The van der Waals surface area contributed by atoms with Gasteiger partial charge in [0.25, 0.3) is 0 Å². The van der Waals surface area contributed by atoms with Crippen LogP contribution in [-0.4, -0.2) is 53.8 Å². The van der Waals surface area contributed by atoms with Crippen LogP contribution in [0.5, 0.6) is 5.75 Å². The lowest BCUT2D eigenvalue weighted by Crippen LogP contribution is -2.32. The van der Waals surface area contributed by atoms with Crippen molar-refractivity contribution in [3.8, 4) is 5.75 Å². The summed E-state index contributed by atoms with van der Waals surface area (Å²) in [6.45, 7) is 3.89. The van der Waals surface area contributed by atoms with Crippen LogP contribution >= 0.6 is 0 Å². The van der Waals surface area contributed by atoms with Gasteiger partial charge in [-0.2, -0.15) is 0 Å². The van der Waals surface area contributed by atoms with Crippen LogP contribution in [0.4, 0.5) is 5.69 Å². The number of aryl methyl sites for hydroxylation is 1. The first-order valence-corrected chi connectivity index (χ1v) is 14.5. The van der Waals surface area contributed by atoms with E-state index in [2.05, 4.69) is 70.5 Å². The van der Waals surface area contributed by atoms with Gasteiger partial charge in [-0.05, 0) is 116 Å². The van der Waals surface area contributed by atoms with Crippen LogP contribution in [0.3, 0.4) is 0 Å². The molecule has 0 radical (unpaired) electrons. The van der Waals surface area contributed by atoms with Gasteiger partial charge in [0.1, 0.15) is 5.75 Å². The summed E-state index contributed by atoms with van der Waals surface area (Å²) < 4.78 is 0. The molecule has 204 valence electrons. The van der Waals surface area contributed by atoms with Crippen molar-refractivity contribution >= 4 is 22.8 Å². The Bertz CT molecular complexity index is 1280. The van der Waals surface area contributed by atoms with E-state index in [1.807, 2.05) is 12.1 Å². The lowest BCUT2D eigenvalue weighted by atomic mass is 9.87. The number of rotatable bonds is 5. The first-order chi connectivity index (χ1) is 19.1. The van der Waals surface area contributed by atoms with Gasteiger partial charge >= 0.3 is 5.97 Å². The fourth-order valence-electron chi connectivity index (χ4n) is 6.15. The fourth-order valence-corrected chi connectivity index (χ4v) is 6.15. The Labute approximate surface area is 232 Å². The van der Waals surface area contributed by atoms with Crippen molar-refractivity contribution < 1.29 is 15.0 Å². The maximum atomic E-state index is 11.2. The molecule has 1 saturated heterocycles. The minimum Gasteiger partial charge on any atom is -0.508 e. The number of carboxylic acids is 1. The third kappa shape index (κ3) is 6.90. The first kappa shape index (κ1) is 27.0. The molecule has 2 N–H and O–H groups in total. The molecule has 39 heavy (non-hydrogen) atoms. The number of aliphatic carboxylic acids is 1. The van der Waals surface area contributed by atoms with Gasteiger partial charge in [-0.3, -0.25) is 9.69 Å². The molecule has 0 saturated carbocycles. The van der Waals surface area contributed by atoms with Gasteiger partial charge in [0, 0.05) is 18.8 Å². The zero-order valence-corrected chi connectivity index (χ0v) is 22.8. The molecule has 5 heteroatoms. The highest BCUT2D eigenvalue weighted by molar-refractivity contribution is 6.00. The van der Waals surface area contributed by atoms with Crippen molar-refractivity contribution in [2.45, 2.75) is 51.4 Å². The molecule has 5 nitrogen and oxygen atoms in total. The minimum absolute atomic E-state index is 0.148. The van der Waals surface area contributed by atoms with Crippen molar-refractivity contribution in [1.29, 1.82) is 0 Å². The highest BCUT2D eigenvalue weighted by Crippen LogP contribution is 2.41. The molecule has 1 aliphatic heterocycles. The van der Waals surface area contributed by atoms with Gasteiger partial charge < -0.3 is 15.1 Å². The highest BCUT2D eigenvalue weighted by atomic mass is 16.4. The molecule has 0 atom stereocenters. The average molecular weight is 525 g/mol. The van der Waals surface area contributed by atoms with E-state index in [4.69, 9.17) is 0 Å². The second kappa shape index (κ2) is 13.0. The van der Waals surface area contributed by atoms with E-state index in [-0.39, 0.29) is 6.54 Å². The molecule has 3 aromatic rings. The molecule has 0 aromatic heterocycles. The van der Waals surface area contributed by atoms with Crippen LogP contribution in [-0.2, 0) is 11.2 Å². The van der Waals surface area contributed by atoms with Crippen molar-refractivity contribution in [3.63, 3.8) is 0 Å². The topological polar surface area (TPSA) is 64.0 Å². The van der Waals surface area contributed by atoms with Crippen molar-refractivity contribution in [1.82, 2.24) is 4.90 Å². The summed E-state index contributed by atoms with van der Waals surface area (Å²) in [5.74, 6) is -0.400. The van der Waals surface area contributed by atoms with E-state index >= 15 is 0 Å². The van der Waals surface area contributed by atoms with Crippen molar-refractivity contribution in [2.24, 2.45) is 0 Å². The number of benzene rings is 3. The van der Waals surface area contributed by atoms with Gasteiger partial charge in [-0.25, -0.2) is 0 Å². The first-order valence-electron chi connectivity index (χ1n) is 14.5. The molecular weight excluding hydrogens is 484 g/mol. The molecule has 2 aliphatic rings. The maximum absolute atomic E-state index is 11.2. The van der Waals surface area contributed by atoms with Gasteiger partial charge in [0.15, 0.2) is 0 Å². The lowest BCUT2D eigenvalue weighted by molar-refractivity contribution is -0.138. The Balaban J connectivity index is 1.42. The highest BCUT2D eigenvalue weighted by Gasteiger charge is 2.21. The number of anilines is 1. The average Bonchev–Trinajstić information content (AvgIpc) is 3.15. The lowest BCUT2D eigenvalue weighted by Gasteiger charge is -2.25. The van der Waals surface area contributed by atoms with E-state index < -0.39 is 5.97 Å². The van der Waals surface area contributed by atoms with Gasteiger partial charge in [0.2, 0.25) is 0 Å². The Morgan fingerprint density at radius 3 is 2.15 bits per heavy atom. The molecule has 5 rings (SSSR count). The van der Waals surface area contributed by atoms with Gasteiger partial charge in [0.05, 0.1) is 6.54 Å². The Hall–Kier alpha value is -3.57. The number of phenolic OH excluding ortho intramolecular Hbond substituents is 1. The summed E-state index contributed by atoms with van der Waals surface area (Å²) >= 11 is 0. The summed E-state index contributed by atoms with van der Waals surface area (Å²) in [5.41, 5.74) is 8.81. The molecule has 0 amide bonds. The van der Waals surface area contributed by atoms with Crippen LogP contribution in [0.2, 0.25) is 0 Å². The molecule has 1 heterocycles. The van der Waals surface area contributed by atoms with Gasteiger partial charge in [-0.1, -0.05) is 55.0 Å². The largest absolute Gasteiger partial charge is 0.508 e. The van der Waals surface area contributed by atoms with Crippen LogP contribution in [0.25, 0.3) is 11.1 Å². The number of allylic oxidation sites excluding steroid dienone is 1. The second-order valence-electron chi connectivity index (χ2n) is 10.9. The summed E-state index contributed by atoms with van der Waals surface area (Å²) in [7, 11) is 0. The number of hydrogen-bond donors (Lipinski definition) is 2. The van der Waals surface area contributed by atoms with Crippen LogP contribution < -0.4 is 4.90 Å². The third-order valence-corrected chi connectivity index (χ3v) is 8.09. The zero-order valence-electron chi connectivity index (χ0n) is 22.8. The predicted octanol–water partition coefficient (Wildman–Crippen LogP) is 6.84. The fraction of sp³-hybridized carbons (Fsp3) is 0.382. The third-order valence-electron chi connectivity index (χ3n) is 8.09. The molecule has 0 unspecified atom stereocenters. The SMILES string of the molecule is O=C(O)CN1CCCCCN(c2ccc(C3=C(c4ccccc4)CCCc4cc(O)ccc43)cc2)CCCC1. The number of aromatic hydroxyl groups is 1. The number of nitrogens with zero attached hydrogens (tertiary/aromatic N) is 2. The quantitative estimate of drug-likeness (QED) is 0.382. The minimum atomic E-state index is -0.731. The molecule has 0 bridgehead atoms. The van der Waals surface area contributed by atoms with Crippen LogP contribution in [0.15, 0.2) is 72.8 Å². The van der Waals surface area contributed by atoms with E-state index in [0.29, 0.717) is 5.75 Å². The van der Waals surface area contributed by atoms with Crippen molar-refractivity contribution in [2.75, 3.05) is 37.6 Å². The van der Waals surface area contributed by atoms with Gasteiger partial charge in [-0.15, -0.1) is 0 Å². The number of hydrogen-bond acceptors (Lipinski definition) is 4. The number of carbonyl (C=O) groups is 1. The van der Waals surface area contributed by atoms with Crippen molar-refractivity contribution in [3.05, 3.63) is 95.1 Å². The van der Waals surface area contributed by atoms with E-state index in [1.165, 1.54) is 39.1 Å². The number of fused-ring (bicyclic) bond motifs is 1. The summed E-state index contributed by atoms with van der Waals surface area (Å²) in [4.78, 5) is 15.8. The second-order valence-corrected chi connectivity index (χ2v) is 10.9. The molecule has 0 spiro atoms. The Morgan fingerprint density at radius 2 is 1.41 bits per heavy atom. The zero-order chi connectivity index (χ0) is 27.0. The normalized spacial score (nSPS) is 17.7. The van der Waals surface area contributed by atoms with E-state index in [0.717, 1.165) is 77.5 Å². The summed E-state index contributed by atoms with van der Waals surface area (Å²) in [5, 5.41) is 19.4. The Kier molecular flexibility index (Phi) is 9.00. The molecule has 3 aromatic carbocycles. The molecular formula is C34H40N2O3. The van der Waals surface area contributed by atoms with E-state index in [9.17, 15) is 15.0 Å². The summed E-state index contributed by atoms with van der Waals surface area (Å²) in [6, 6.07) is 25.6. The maximum Gasteiger partial charge on any atom is 0.317 e. The predicted molar refractivity (Wildman–Crippen MR) is 159 cm³/mol. The smallest absolute Gasteiger partial charge is 0.317 e. The summed E-state index contributed by atoms with van der Waals surface area (Å²) in [6.07, 6.45) is 8.35. The standard InChI is InChI=1S/C34H40N2O3/c37-30-18-19-32-28(24-30)12-9-13-31(26-10-3-1-4-11-26)34(32)27-14-16-29(17-15-27)36-22-6-2-5-20-35(25-33(38)39)21-7-8-23-36/h1,3-4,10-11,14-19,24,37H,2,5-9,12-13,20-23,25H2,(H,38,39). The van der Waals surface area contributed by atoms with E-state index in [1.54, 1.807) is 0 Å². The Morgan fingerprint density at radius 1 is 0.718 bits per heavy atom. The monoisotopic (exact) mass is 524 g/mol.